The molecule has 0 spiro atoms. The number of aliphatic imine (C=N–C) groups is 1. The fourth-order valence-corrected chi connectivity index (χ4v) is 4.06. The number of benzene rings is 3. The number of halogens is 2. The van der Waals surface area contributed by atoms with Crippen molar-refractivity contribution in [3.05, 3.63) is 105 Å². The first-order chi connectivity index (χ1) is 15.0. The predicted molar refractivity (Wildman–Crippen MR) is 131 cm³/mol. The van der Waals surface area contributed by atoms with Crippen molar-refractivity contribution >= 4 is 56.4 Å². The van der Waals surface area contributed by atoms with Crippen LogP contribution >= 0.6 is 39.3 Å². The molecule has 0 aromatic heterocycles. The van der Waals surface area contributed by atoms with Crippen molar-refractivity contribution in [1.29, 1.82) is 0 Å². The van der Waals surface area contributed by atoms with Crippen LogP contribution in [0.2, 0.25) is 5.02 Å². The molecule has 1 heterocycles. The van der Waals surface area contributed by atoms with E-state index in [1.807, 2.05) is 72.8 Å². The lowest BCUT2D eigenvalue weighted by atomic mass is 10.2. The van der Waals surface area contributed by atoms with E-state index < -0.39 is 0 Å². The fourth-order valence-electron chi connectivity index (χ4n) is 2.85. The highest BCUT2D eigenvalue weighted by Crippen LogP contribution is 2.23. The molecular weight excluding hydrogens is 496 g/mol. The van der Waals surface area contributed by atoms with Crippen LogP contribution < -0.4 is 10.1 Å². The van der Waals surface area contributed by atoms with Gasteiger partial charge in [0, 0.05) is 15.2 Å². The van der Waals surface area contributed by atoms with Crippen molar-refractivity contribution < 1.29 is 9.53 Å². The van der Waals surface area contributed by atoms with Gasteiger partial charge in [0.1, 0.15) is 18.1 Å². The second kappa shape index (κ2) is 10.2. The van der Waals surface area contributed by atoms with E-state index in [1.165, 1.54) is 11.8 Å². The van der Waals surface area contributed by atoms with E-state index >= 15 is 0 Å². The summed E-state index contributed by atoms with van der Waals surface area (Å²) in [5, 5.41) is 4.13. The predicted octanol–water partition coefficient (Wildman–Crippen LogP) is 6.44. The Morgan fingerprint density at radius 2 is 1.77 bits per heavy atom. The van der Waals surface area contributed by atoms with E-state index in [4.69, 9.17) is 16.3 Å². The van der Waals surface area contributed by atoms with Crippen molar-refractivity contribution in [2.45, 2.75) is 12.4 Å². The third-order valence-corrected chi connectivity index (χ3v) is 6.17. The van der Waals surface area contributed by atoms with Crippen LogP contribution in [0.3, 0.4) is 0 Å². The number of nitrogens with zero attached hydrogens (tertiary/aromatic N) is 1. The van der Waals surface area contributed by atoms with Gasteiger partial charge in [0.15, 0.2) is 5.17 Å². The molecular formula is C24H18BrClN2O2S. The number of rotatable bonds is 6. The summed E-state index contributed by atoms with van der Waals surface area (Å²) >= 11 is 10.8. The highest BCUT2D eigenvalue weighted by atomic mass is 79.9. The van der Waals surface area contributed by atoms with Gasteiger partial charge in [0.05, 0.1) is 0 Å². The van der Waals surface area contributed by atoms with Crippen molar-refractivity contribution in [3.8, 4) is 5.75 Å². The van der Waals surface area contributed by atoms with Crippen LogP contribution in [0.1, 0.15) is 16.7 Å². The second-order valence-corrected chi connectivity index (χ2v) is 9.12. The Kier molecular flexibility index (Phi) is 7.12. The average molecular weight is 514 g/mol. The first-order valence-corrected chi connectivity index (χ1v) is 11.7. The second-order valence-electron chi connectivity index (χ2n) is 6.80. The van der Waals surface area contributed by atoms with Crippen LogP contribution in [0.25, 0.3) is 6.08 Å². The highest BCUT2D eigenvalue weighted by Gasteiger charge is 2.20. The molecule has 1 amide bonds. The fraction of sp³-hybridized carbons (Fsp3) is 0.0833. The molecule has 4 nitrogen and oxygen atoms in total. The molecule has 1 aliphatic heterocycles. The molecule has 0 atom stereocenters. The average Bonchev–Trinajstić information content (AvgIpc) is 3.12. The van der Waals surface area contributed by atoms with Gasteiger partial charge >= 0.3 is 0 Å². The summed E-state index contributed by atoms with van der Waals surface area (Å²) in [5.74, 6) is 1.25. The molecule has 0 saturated heterocycles. The normalized spacial score (nSPS) is 14.5. The molecule has 0 saturated carbocycles. The zero-order valence-electron chi connectivity index (χ0n) is 16.3. The molecule has 7 heteroatoms. The summed E-state index contributed by atoms with van der Waals surface area (Å²) in [6.45, 7) is 0.437. The van der Waals surface area contributed by atoms with Gasteiger partial charge in [-0.1, -0.05) is 75.7 Å². The minimum Gasteiger partial charge on any atom is -0.489 e. The van der Waals surface area contributed by atoms with E-state index in [0.29, 0.717) is 22.5 Å². The number of nitrogens with one attached hydrogen (secondary N) is 1. The Labute approximate surface area is 198 Å². The summed E-state index contributed by atoms with van der Waals surface area (Å²) in [4.78, 5) is 16.8. The van der Waals surface area contributed by atoms with Crippen LogP contribution in [0.5, 0.6) is 5.75 Å². The van der Waals surface area contributed by atoms with E-state index in [0.717, 1.165) is 32.7 Å². The zero-order valence-corrected chi connectivity index (χ0v) is 19.5. The van der Waals surface area contributed by atoms with Gasteiger partial charge in [-0.2, -0.15) is 0 Å². The number of amidine groups is 1. The molecule has 156 valence electrons. The maximum atomic E-state index is 12.3. The largest absolute Gasteiger partial charge is 0.489 e. The van der Waals surface area contributed by atoms with E-state index in [2.05, 4.69) is 26.2 Å². The smallest absolute Gasteiger partial charge is 0.275 e. The maximum Gasteiger partial charge on any atom is 0.275 e. The minimum atomic E-state index is -0.203. The summed E-state index contributed by atoms with van der Waals surface area (Å²) in [5.41, 5.74) is 3.42. The van der Waals surface area contributed by atoms with Crippen LogP contribution in [-0.2, 0) is 17.2 Å². The van der Waals surface area contributed by atoms with Crippen LogP contribution in [0, 0.1) is 0 Å². The monoisotopic (exact) mass is 512 g/mol. The van der Waals surface area contributed by atoms with Gasteiger partial charge < -0.3 is 4.74 Å². The Hall–Kier alpha value is -2.54. The molecule has 3 aromatic carbocycles. The SMILES string of the molecule is O=C1NC(SCc2ccc(Br)cc2)=N/C1=C\c1cccc(OCc2ccc(Cl)cc2)c1. The molecule has 0 bridgehead atoms. The lowest BCUT2D eigenvalue weighted by Gasteiger charge is -2.07. The van der Waals surface area contributed by atoms with Gasteiger partial charge in [-0.05, 0) is 59.2 Å². The van der Waals surface area contributed by atoms with Gasteiger partial charge in [-0.15, -0.1) is 0 Å². The molecule has 0 unspecified atom stereocenters. The van der Waals surface area contributed by atoms with Gasteiger partial charge in [-0.3, -0.25) is 10.1 Å². The maximum absolute atomic E-state index is 12.3. The van der Waals surface area contributed by atoms with E-state index in [1.54, 1.807) is 6.08 Å². The van der Waals surface area contributed by atoms with Crippen LogP contribution in [-0.4, -0.2) is 11.1 Å². The van der Waals surface area contributed by atoms with Crippen molar-refractivity contribution in [1.82, 2.24) is 5.32 Å². The minimum absolute atomic E-state index is 0.203. The summed E-state index contributed by atoms with van der Waals surface area (Å²) in [6, 6.07) is 23.2. The Morgan fingerprint density at radius 1 is 1.03 bits per heavy atom. The molecule has 3 aromatic rings. The molecule has 1 aliphatic rings. The van der Waals surface area contributed by atoms with Crippen molar-refractivity contribution in [3.63, 3.8) is 0 Å². The van der Waals surface area contributed by atoms with Crippen molar-refractivity contribution in [2.75, 3.05) is 0 Å². The Bertz CT molecular complexity index is 1150. The van der Waals surface area contributed by atoms with E-state index in [-0.39, 0.29) is 5.91 Å². The van der Waals surface area contributed by atoms with Gasteiger partial charge in [0.25, 0.3) is 5.91 Å². The Morgan fingerprint density at radius 3 is 2.55 bits per heavy atom. The zero-order chi connectivity index (χ0) is 21.6. The number of carbonyl (C=O) groups excluding carboxylic acids is 1. The molecule has 0 aliphatic carbocycles. The number of hydrogen-bond donors (Lipinski definition) is 1. The van der Waals surface area contributed by atoms with E-state index in [9.17, 15) is 4.79 Å². The van der Waals surface area contributed by atoms with Crippen molar-refractivity contribution in [2.24, 2.45) is 4.99 Å². The Balaban J connectivity index is 1.40. The number of amides is 1. The molecule has 31 heavy (non-hydrogen) atoms. The lowest BCUT2D eigenvalue weighted by Crippen LogP contribution is -2.21. The molecule has 0 fully saturated rings. The number of hydrogen-bond acceptors (Lipinski definition) is 4. The van der Waals surface area contributed by atoms with Gasteiger partial charge in [0.2, 0.25) is 0 Å². The molecule has 1 N–H and O–H groups in total. The first kappa shape index (κ1) is 21.7. The lowest BCUT2D eigenvalue weighted by molar-refractivity contribution is -0.115. The number of thioether (sulfide) groups is 1. The summed E-state index contributed by atoms with van der Waals surface area (Å²) in [7, 11) is 0. The quantitative estimate of drug-likeness (QED) is 0.386. The summed E-state index contributed by atoms with van der Waals surface area (Å²) < 4.78 is 6.90. The van der Waals surface area contributed by atoms with Gasteiger partial charge in [-0.25, -0.2) is 4.99 Å². The topological polar surface area (TPSA) is 50.7 Å². The molecule has 4 rings (SSSR count). The standard InChI is InChI=1S/C24H18BrClN2O2S/c25-19-8-4-17(5-9-19)15-31-24-27-22(23(29)28-24)13-18-2-1-3-21(12-18)30-14-16-6-10-20(26)11-7-16/h1-13H,14-15H2,(H,27,28,29)/b22-13-. The number of carbonyl (C=O) groups is 1. The third kappa shape index (κ3) is 6.23. The highest BCUT2D eigenvalue weighted by molar-refractivity contribution is 9.10. The third-order valence-electron chi connectivity index (χ3n) is 4.44. The van der Waals surface area contributed by atoms with Crippen LogP contribution in [0.4, 0.5) is 0 Å². The first-order valence-electron chi connectivity index (χ1n) is 9.51. The molecule has 0 radical (unpaired) electrons. The number of ether oxygens (including phenoxy) is 1. The van der Waals surface area contributed by atoms with Crippen LogP contribution in [0.15, 0.2) is 88.0 Å². The summed E-state index contributed by atoms with van der Waals surface area (Å²) in [6.07, 6.45) is 1.76.